The summed E-state index contributed by atoms with van der Waals surface area (Å²) in [5, 5.41) is 1.83. The molecule has 2 heterocycles. The quantitative estimate of drug-likeness (QED) is 0.242. The number of sulfone groups is 1. The minimum atomic E-state index is -4.97. The van der Waals surface area contributed by atoms with E-state index < -0.39 is 99.0 Å². The molecule has 1 aromatic rings. The lowest BCUT2D eigenvalue weighted by Crippen LogP contribution is -2.70. The summed E-state index contributed by atoms with van der Waals surface area (Å²) in [6, 6.07) is 2.30. The molecular weight excluding hydrogens is 584 g/mol. The molecule has 0 spiro atoms. The van der Waals surface area contributed by atoms with Gasteiger partial charge >= 0.3 is 29.8 Å². The molecule has 1 fully saturated rings. The number of carbonyl (C=O) groups excluding carboxylic acids is 6. The van der Waals surface area contributed by atoms with Crippen LogP contribution in [0.3, 0.4) is 0 Å². The SMILES string of the molecule is COC(=O)C1(S(=O)(=O)c2ccccn2)C[C@H](OC(C)=O)[C@@H](NC(C)=O)[C@H]([C@H](OC(C)=O)[C@@H](COC(C)=O)OC(C)=O)O1. The third-order valence-corrected chi connectivity index (χ3v) is 7.93. The van der Waals surface area contributed by atoms with E-state index in [9.17, 15) is 37.2 Å². The normalized spacial score (nSPS) is 23.3. The van der Waals surface area contributed by atoms with Crippen molar-refractivity contribution in [2.75, 3.05) is 13.7 Å². The Morgan fingerprint density at radius 2 is 1.64 bits per heavy atom. The Morgan fingerprint density at radius 3 is 2.12 bits per heavy atom. The number of hydrogen-bond donors (Lipinski definition) is 1. The van der Waals surface area contributed by atoms with Gasteiger partial charge in [-0.1, -0.05) is 6.07 Å². The second-order valence-electron chi connectivity index (χ2n) is 9.10. The van der Waals surface area contributed by atoms with Crippen molar-refractivity contribution in [1.29, 1.82) is 0 Å². The summed E-state index contributed by atoms with van der Waals surface area (Å²) in [5.74, 6) is -5.90. The number of ether oxygens (including phenoxy) is 6. The number of carbonyl (C=O) groups is 6. The highest BCUT2D eigenvalue weighted by molar-refractivity contribution is 7.93. The van der Waals surface area contributed by atoms with Crippen LogP contribution in [0.4, 0.5) is 0 Å². The van der Waals surface area contributed by atoms with Crippen LogP contribution >= 0.6 is 0 Å². The predicted molar refractivity (Wildman–Crippen MR) is 137 cm³/mol. The Balaban J connectivity index is 2.92. The highest BCUT2D eigenvalue weighted by atomic mass is 32.2. The van der Waals surface area contributed by atoms with Gasteiger partial charge in [0.25, 0.3) is 4.93 Å². The lowest BCUT2D eigenvalue weighted by atomic mass is 9.89. The van der Waals surface area contributed by atoms with Crippen molar-refractivity contribution < 1.29 is 65.6 Å². The first kappa shape index (κ1) is 34.1. The van der Waals surface area contributed by atoms with Crippen LogP contribution in [0.1, 0.15) is 41.0 Å². The maximum Gasteiger partial charge on any atom is 0.354 e. The van der Waals surface area contributed by atoms with Crippen LogP contribution < -0.4 is 5.32 Å². The van der Waals surface area contributed by atoms with Gasteiger partial charge in [0.1, 0.15) is 18.8 Å². The molecule has 1 saturated heterocycles. The summed E-state index contributed by atoms with van der Waals surface area (Å²) in [6.45, 7) is 4.34. The Labute approximate surface area is 241 Å². The van der Waals surface area contributed by atoms with E-state index >= 15 is 0 Å². The fourth-order valence-corrected chi connectivity index (χ4v) is 6.07. The van der Waals surface area contributed by atoms with Gasteiger partial charge in [-0.3, -0.25) is 24.0 Å². The van der Waals surface area contributed by atoms with E-state index in [1.807, 2.05) is 0 Å². The summed E-state index contributed by atoms with van der Waals surface area (Å²) in [6.07, 6.45) is -6.83. The van der Waals surface area contributed by atoms with E-state index in [0.29, 0.717) is 0 Å². The molecule has 16 nitrogen and oxygen atoms in total. The first-order chi connectivity index (χ1) is 19.5. The van der Waals surface area contributed by atoms with Gasteiger partial charge in [0.2, 0.25) is 15.7 Å². The number of rotatable bonds is 11. The number of aromatic nitrogens is 1. The Bertz CT molecular complexity index is 1300. The summed E-state index contributed by atoms with van der Waals surface area (Å²) >= 11 is 0. The summed E-state index contributed by atoms with van der Waals surface area (Å²) in [7, 11) is -4.09. The largest absolute Gasteiger partial charge is 0.466 e. The standard InChI is InChI=1S/C25H32N2O14S/c1-13(28)27-21-18(38-15(3)30)11-25(24(33)36-6,42(34,35)20-9-7-8-10-26-20)41-23(21)22(40-17(5)32)19(39-16(4)31)12-37-14(2)29/h7-10,18-19,21-23H,11-12H2,1-6H3,(H,27,28)/t18-,19+,21+,22+,23+,25?/m0/s1. The molecule has 1 aliphatic rings. The molecule has 0 aliphatic carbocycles. The minimum absolute atomic E-state index is 0.630. The van der Waals surface area contributed by atoms with E-state index in [1.54, 1.807) is 0 Å². The minimum Gasteiger partial charge on any atom is -0.466 e. The van der Waals surface area contributed by atoms with Gasteiger partial charge < -0.3 is 33.7 Å². The first-order valence-electron chi connectivity index (χ1n) is 12.4. The van der Waals surface area contributed by atoms with Crippen molar-refractivity contribution in [2.45, 2.75) is 81.5 Å². The third kappa shape index (κ3) is 8.00. The zero-order valence-electron chi connectivity index (χ0n) is 23.7. The van der Waals surface area contributed by atoms with E-state index in [4.69, 9.17) is 28.4 Å². The molecule has 0 radical (unpaired) electrons. The lowest BCUT2D eigenvalue weighted by molar-refractivity contribution is -0.225. The number of nitrogens with zero attached hydrogens (tertiary/aromatic N) is 1. The predicted octanol–water partition coefficient (Wildman–Crippen LogP) is -0.624. The van der Waals surface area contributed by atoms with Gasteiger partial charge in [0.15, 0.2) is 17.2 Å². The molecule has 1 N–H and O–H groups in total. The van der Waals surface area contributed by atoms with Crippen LogP contribution in [0, 0.1) is 0 Å². The number of methoxy groups -OCH3 is 1. The van der Waals surface area contributed by atoms with Gasteiger partial charge in [0, 0.05) is 47.2 Å². The van der Waals surface area contributed by atoms with Gasteiger partial charge in [-0.25, -0.2) is 18.2 Å². The number of amides is 1. The van der Waals surface area contributed by atoms with Crippen LogP contribution in [0.2, 0.25) is 0 Å². The van der Waals surface area contributed by atoms with Crippen LogP contribution in [0.15, 0.2) is 29.4 Å². The molecule has 1 aromatic heterocycles. The number of esters is 5. The van der Waals surface area contributed by atoms with Crippen LogP contribution in [-0.4, -0.2) is 98.3 Å². The third-order valence-electron chi connectivity index (χ3n) is 5.84. The second-order valence-corrected chi connectivity index (χ2v) is 11.2. The molecule has 42 heavy (non-hydrogen) atoms. The van der Waals surface area contributed by atoms with Crippen molar-refractivity contribution in [2.24, 2.45) is 0 Å². The van der Waals surface area contributed by atoms with Crippen molar-refractivity contribution in [3.05, 3.63) is 24.4 Å². The van der Waals surface area contributed by atoms with Crippen LogP contribution in [-0.2, 0) is 67.0 Å². The number of nitrogens with one attached hydrogen (secondary N) is 1. The van der Waals surface area contributed by atoms with Crippen molar-refractivity contribution in [3.8, 4) is 0 Å². The first-order valence-corrected chi connectivity index (χ1v) is 13.9. The van der Waals surface area contributed by atoms with Crippen LogP contribution in [0.25, 0.3) is 0 Å². The van der Waals surface area contributed by atoms with E-state index in [1.165, 1.54) is 12.1 Å². The molecule has 0 aromatic carbocycles. The second kappa shape index (κ2) is 14.2. The van der Waals surface area contributed by atoms with Crippen LogP contribution in [0.5, 0.6) is 0 Å². The number of hydrogen-bond acceptors (Lipinski definition) is 15. The summed E-state index contributed by atoms with van der Waals surface area (Å²) < 4.78 is 59.9. The van der Waals surface area contributed by atoms with E-state index in [2.05, 4.69) is 10.3 Å². The zero-order chi connectivity index (χ0) is 31.8. The zero-order valence-corrected chi connectivity index (χ0v) is 24.5. The van der Waals surface area contributed by atoms with Gasteiger partial charge in [0.05, 0.1) is 13.2 Å². The molecule has 6 atom stereocenters. The molecule has 17 heteroatoms. The maximum atomic E-state index is 14.0. The molecule has 2 rings (SSSR count). The van der Waals surface area contributed by atoms with E-state index in [-0.39, 0.29) is 0 Å². The molecule has 1 aliphatic heterocycles. The van der Waals surface area contributed by atoms with Gasteiger partial charge in [-0.15, -0.1) is 0 Å². The fourth-order valence-electron chi connectivity index (χ4n) is 4.35. The molecular formula is C25H32N2O14S. The smallest absolute Gasteiger partial charge is 0.354 e. The average molecular weight is 617 g/mol. The molecule has 0 saturated carbocycles. The topological polar surface area (TPSA) is 217 Å². The summed E-state index contributed by atoms with van der Waals surface area (Å²) in [5.41, 5.74) is 0. The highest BCUT2D eigenvalue weighted by Crippen LogP contribution is 2.41. The number of pyridine rings is 1. The Kier molecular flexibility index (Phi) is 11.5. The van der Waals surface area contributed by atoms with Crippen molar-refractivity contribution in [3.63, 3.8) is 0 Å². The van der Waals surface area contributed by atoms with Crippen molar-refractivity contribution in [1.82, 2.24) is 10.3 Å². The lowest BCUT2D eigenvalue weighted by Gasteiger charge is -2.48. The van der Waals surface area contributed by atoms with Crippen molar-refractivity contribution >= 4 is 45.6 Å². The average Bonchev–Trinajstić information content (AvgIpc) is 2.89. The van der Waals surface area contributed by atoms with E-state index in [0.717, 1.165) is 54.0 Å². The van der Waals surface area contributed by atoms with Gasteiger partial charge in [-0.2, -0.15) is 0 Å². The fraction of sp³-hybridized carbons (Fsp3) is 0.560. The Hall–Kier alpha value is -4.12. The molecule has 1 unspecified atom stereocenters. The maximum absolute atomic E-state index is 14.0. The summed E-state index contributed by atoms with van der Waals surface area (Å²) in [4.78, 5) is 74.5. The highest BCUT2D eigenvalue weighted by Gasteiger charge is 2.65. The molecule has 232 valence electrons. The Morgan fingerprint density at radius 1 is 1.00 bits per heavy atom. The molecule has 1 amide bonds. The monoisotopic (exact) mass is 616 g/mol. The van der Waals surface area contributed by atoms with Gasteiger partial charge in [-0.05, 0) is 12.1 Å². The molecule has 0 bridgehead atoms.